The summed E-state index contributed by atoms with van der Waals surface area (Å²) >= 11 is 29.4. The van der Waals surface area contributed by atoms with E-state index >= 15 is 0 Å². The molecule has 0 nitrogen and oxygen atoms in total. The topological polar surface area (TPSA) is 0 Å². The molecule has 0 N–H and O–H groups in total. The van der Waals surface area contributed by atoms with Gasteiger partial charge in [0, 0.05) is 43.2 Å². The summed E-state index contributed by atoms with van der Waals surface area (Å²) in [5.74, 6) is 0. The second-order valence-electron chi connectivity index (χ2n) is 5.75. The van der Waals surface area contributed by atoms with Crippen LogP contribution < -0.4 is 0 Å². The molecule has 0 aromatic heterocycles. The quantitative estimate of drug-likeness (QED) is 0.151. The van der Waals surface area contributed by atoms with Crippen molar-refractivity contribution >= 4 is 248 Å². The molecule has 0 bridgehead atoms. The van der Waals surface area contributed by atoms with Gasteiger partial charge in [0.2, 0.25) is 0 Å². The first-order valence-corrected chi connectivity index (χ1v) is 20.6. The minimum atomic E-state index is 0.336. The highest BCUT2D eigenvalue weighted by Gasteiger charge is 2.41. The molecule has 9 unspecified atom stereocenters. The van der Waals surface area contributed by atoms with Gasteiger partial charge in [0.05, 0.1) is 0 Å². The van der Waals surface area contributed by atoms with Gasteiger partial charge in [0.15, 0.2) is 0 Å². The minimum Gasteiger partial charge on any atom is -0.0852 e. The summed E-state index contributed by atoms with van der Waals surface area (Å²) in [7, 11) is 0. The highest BCUT2D eigenvalue weighted by molar-refractivity contribution is 14.1. The van der Waals surface area contributed by atoms with E-state index in [-0.39, 0.29) is 0 Å². The molecule has 0 amide bonds. The Hall–Kier alpha value is 8.03. The Balaban J connectivity index is 4.99. The fraction of sp³-hybridized carbons (Fsp3) is 1.00. The number of alkyl halides is 11. The van der Waals surface area contributed by atoms with Crippen LogP contribution in [0.1, 0.15) is 13.8 Å². The Morgan fingerprint density at radius 1 is 0.583 bits per heavy atom. The van der Waals surface area contributed by atoms with E-state index in [0.717, 1.165) is 7.85 Å². The number of hydrogen-bond acceptors (Lipinski definition) is 0. The van der Waals surface area contributed by atoms with Crippen LogP contribution in [0.2, 0.25) is 0 Å². The van der Waals surface area contributed by atoms with Crippen LogP contribution in [0.3, 0.4) is 0 Å². The van der Waals surface area contributed by atoms with Gasteiger partial charge in [0.1, 0.15) is 0 Å². The predicted molar refractivity (Wildman–Crippen MR) is 207 cm³/mol. The standard InChI is InChI=1S/C13H17I11/c1-13(2,24)12(23)11(22)10(21)9(20)8(19)7(18)6(17)5(16)4(15)3-14/h4-12H,3H2,1-2H3. The van der Waals surface area contributed by atoms with Gasteiger partial charge in [0.25, 0.3) is 0 Å². The Morgan fingerprint density at radius 2 is 0.875 bits per heavy atom. The maximum atomic E-state index is 2.73. The molecule has 0 aliphatic heterocycles. The molecule has 0 saturated carbocycles. The Morgan fingerprint density at radius 3 is 1.17 bits per heavy atom. The SMILES string of the molecule is CC(C)(I)C(I)C(I)C(I)C(I)C(I)C(I)C(I)C(I)C(I)CI. The summed E-state index contributed by atoms with van der Waals surface area (Å²) in [6.45, 7) is 4.72. The zero-order chi connectivity index (χ0) is 19.4. The van der Waals surface area contributed by atoms with E-state index in [9.17, 15) is 0 Å². The van der Waals surface area contributed by atoms with Crippen molar-refractivity contribution in [3.05, 3.63) is 0 Å². The molecule has 9 atom stereocenters. The molecule has 0 saturated heterocycles. The minimum absolute atomic E-state index is 0.336. The second-order valence-corrected chi connectivity index (χ2v) is 22.4. The highest BCUT2D eigenvalue weighted by atomic mass is 127. The van der Waals surface area contributed by atoms with E-state index in [1.807, 2.05) is 0 Å². The van der Waals surface area contributed by atoms with Gasteiger partial charge in [-0.15, -0.1) is 0 Å². The van der Waals surface area contributed by atoms with Crippen molar-refractivity contribution in [3.8, 4) is 0 Å². The van der Waals surface area contributed by atoms with Gasteiger partial charge in [-0.2, -0.15) is 0 Å². The van der Waals surface area contributed by atoms with Crippen LogP contribution in [0.25, 0.3) is 0 Å². The molecule has 0 heterocycles. The molecule has 0 spiro atoms. The van der Waals surface area contributed by atoms with Crippen LogP contribution in [-0.4, -0.2) is 43.2 Å². The zero-order valence-electron chi connectivity index (χ0n) is 12.6. The van der Waals surface area contributed by atoms with Crippen LogP contribution in [0.4, 0.5) is 0 Å². The van der Waals surface area contributed by atoms with Crippen molar-refractivity contribution < 1.29 is 0 Å². The van der Waals surface area contributed by atoms with Gasteiger partial charge < -0.3 is 0 Å². The number of hydrogen-bond donors (Lipinski definition) is 0. The van der Waals surface area contributed by atoms with Crippen molar-refractivity contribution in [2.75, 3.05) is 4.43 Å². The van der Waals surface area contributed by atoms with Gasteiger partial charge in [-0.1, -0.05) is 248 Å². The van der Waals surface area contributed by atoms with E-state index < -0.39 is 0 Å². The third-order valence-corrected chi connectivity index (χ3v) is 33.2. The highest BCUT2D eigenvalue weighted by Crippen LogP contribution is 2.43. The molecule has 0 aliphatic carbocycles. The molecule has 0 aromatic rings. The molecule has 146 valence electrons. The van der Waals surface area contributed by atoms with E-state index in [2.05, 4.69) is 262 Å². The van der Waals surface area contributed by atoms with Gasteiger partial charge >= 0.3 is 0 Å². The van der Waals surface area contributed by atoms with Crippen molar-refractivity contribution in [2.24, 2.45) is 0 Å². The van der Waals surface area contributed by atoms with E-state index in [0.29, 0.717) is 30.9 Å². The molecule has 0 aromatic carbocycles. The van der Waals surface area contributed by atoms with Gasteiger partial charge in [-0.3, -0.25) is 0 Å². The third kappa shape index (κ3) is 11.0. The number of halogens is 11. The summed E-state index contributed by atoms with van der Waals surface area (Å²) in [4.78, 5) is 0. The predicted octanol–water partition coefficient (Wildman–Crippen LogP) is 9.87. The Labute approximate surface area is 297 Å². The van der Waals surface area contributed by atoms with Crippen molar-refractivity contribution in [2.45, 2.75) is 52.6 Å². The molecule has 24 heavy (non-hydrogen) atoms. The lowest BCUT2D eigenvalue weighted by atomic mass is 10.0. The molecule has 0 fully saturated rings. The molecule has 0 aliphatic rings. The molecule has 0 rings (SSSR count). The van der Waals surface area contributed by atoms with E-state index in [4.69, 9.17) is 0 Å². The van der Waals surface area contributed by atoms with Crippen molar-refractivity contribution in [3.63, 3.8) is 0 Å². The average Bonchev–Trinajstić information content (AvgIpc) is 2.54. The van der Waals surface area contributed by atoms with Gasteiger partial charge in [-0.05, 0) is 13.8 Å². The lowest BCUT2D eigenvalue weighted by Crippen LogP contribution is -2.46. The summed E-state index contributed by atoms with van der Waals surface area (Å²) in [6.07, 6.45) is 0. The van der Waals surface area contributed by atoms with Crippen molar-refractivity contribution in [1.29, 1.82) is 0 Å². The van der Waals surface area contributed by atoms with Crippen LogP contribution >= 0.6 is 248 Å². The maximum Gasteiger partial charge on any atom is 0.0379 e. The van der Waals surface area contributed by atoms with Crippen LogP contribution in [0.15, 0.2) is 0 Å². The average molecular weight is 1570 g/mol. The smallest absolute Gasteiger partial charge is 0.0379 e. The zero-order valence-corrected chi connectivity index (χ0v) is 36.3. The molecular weight excluding hydrogens is 1550 g/mol. The fourth-order valence-electron chi connectivity index (χ4n) is 1.70. The van der Waals surface area contributed by atoms with E-state index in [1.54, 1.807) is 0 Å². The second kappa shape index (κ2) is 15.8. The number of rotatable bonds is 10. The summed E-state index contributed by atoms with van der Waals surface area (Å²) < 4.78 is 7.92. The van der Waals surface area contributed by atoms with Crippen molar-refractivity contribution in [1.82, 2.24) is 0 Å². The Kier molecular flexibility index (Phi) is 21.1. The third-order valence-electron chi connectivity index (χ3n) is 3.25. The summed E-state index contributed by atoms with van der Waals surface area (Å²) in [6, 6.07) is 0. The first kappa shape index (κ1) is 32.0. The normalized spacial score (nSPS) is 24.4. The first-order valence-electron chi connectivity index (χ1n) is 6.78. The van der Waals surface area contributed by atoms with Crippen LogP contribution in [0, 0.1) is 0 Å². The van der Waals surface area contributed by atoms with Gasteiger partial charge in [-0.25, -0.2) is 0 Å². The van der Waals surface area contributed by atoms with Crippen LogP contribution in [-0.2, 0) is 0 Å². The Bertz CT molecular complexity index is 360. The summed E-state index contributed by atoms with van der Waals surface area (Å²) in [5.41, 5.74) is 0. The lowest BCUT2D eigenvalue weighted by Gasteiger charge is -2.36. The lowest BCUT2D eigenvalue weighted by molar-refractivity contribution is 0.659. The first-order chi connectivity index (χ1) is 10.8. The van der Waals surface area contributed by atoms with Crippen LogP contribution in [0.5, 0.6) is 0 Å². The fourth-order valence-corrected chi connectivity index (χ4v) is 17.3. The maximum absolute atomic E-state index is 2.73. The molecule has 11 heteroatoms. The molecular formula is C13H17I11. The molecule has 0 radical (unpaired) electrons. The monoisotopic (exact) mass is 1570 g/mol. The summed E-state index contributed by atoms with van der Waals surface area (Å²) in [5, 5.41) is 0. The van der Waals surface area contributed by atoms with E-state index in [1.165, 1.54) is 4.43 Å². The largest absolute Gasteiger partial charge is 0.0852 e.